The molecule has 100 valence electrons. The minimum absolute atomic E-state index is 0.0981. The first kappa shape index (κ1) is 12.7. The molecule has 7 heteroatoms. The maximum atomic E-state index is 11.8. The summed E-state index contributed by atoms with van der Waals surface area (Å²) in [4.78, 5) is 25.6. The fraction of sp³-hybridized carbons (Fsp3) is 0.333. The topological polar surface area (TPSA) is 83.6 Å². The Morgan fingerprint density at radius 3 is 2.89 bits per heavy atom. The quantitative estimate of drug-likeness (QED) is 0.798. The molecule has 1 amide bonds. The number of amides is 1. The van der Waals surface area contributed by atoms with Gasteiger partial charge in [-0.2, -0.15) is 0 Å². The number of carboxylic acids is 1. The van der Waals surface area contributed by atoms with Crippen molar-refractivity contribution in [3.8, 4) is 0 Å². The fourth-order valence-corrected chi connectivity index (χ4v) is 4.74. The number of aliphatic carboxylic acids is 1. The number of carbonyl (C=O) groups excluding carboxylic acids is 1. The van der Waals surface area contributed by atoms with Crippen LogP contribution >= 0.6 is 23.1 Å². The largest absolute Gasteiger partial charge is 0.477 e. The molecular weight excluding hydrogens is 284 g/mol. The van der Waals surface area contributed by atoms with Crippen LogP contribution in [0.15, 0.2) is 17.1 Å². The molecule has 2 aliphatic heterocycles. The Kier molecular flexibility index (Phi) is 2.92. The van der Waals surface area contributed by atoms with Crippen molar-refractivity contribution in [1.29, 1.82) is 0 Å². The van der Waals surface area contributed by atoms with Gasteiger partial charge in [0.2, 0.25) is 5.91 Å². The van der Waals surface area contributed by atoms with E-state index >= 15 is 0 Å². The molecule has 0 spiro atoms. The van der Waals surface area contributed by atoms with Gasteiger partial charge in [0.1, 0.15) is 17.1 Å². The van der Waals surface area contributed by atoms with E-state index in [0.29, 0.717) is 5.75 Å². The zero-order valence-electron chi connectivity index (χ0n) is 10.1. The van der Waals surface area contributed by atoms with Gasteiger partial charge in [-0.3, -0.25) is 9.69 Å². The summed E-state index contributed by atoms with van der Waals surface area (Å²) in [5.74, 6) is -0.792. The fourth-order valence-electron chi connectivity index (χ4n) is 2.37. The van der Waals surface area contributed by atoms with Gasteiger partial charge in [-0.05, 0) is 23.9 Å². The lowest BCUT2D eigenvalue weighted by Gasteiger charge is -2.47. The van der Waals surface area contributed by atoms with E-state index < -0.39 is 12.0 Å². The number of carboxylic acid groups (broad SMARTS) is 1. The molecule has 2 aliphatic rings. The Bertz CT molecular complexity index is 608. The van der Waals surface area contributed by atoms with Gasteiger partial charge in [0, 0.05) is 16.2 Å². The number of β-lactam (4-membered cyclic amide) rings is 1. The molecule has 19 heavy (non-hydrogen) atoms. The lowest BCUT2D eigenvalue weighted by molar-refractivity contribution is -0.147. The second kappa shape index (κ2) is 4.36. The van der Waals surface area contributed by atoms with Gasteiger partial charge in [-0.25, -0.2) is 4.79 Å². The SMILES string of the molecule is Cc1ccsc1C1=C(C(=O)O)N2C(=O)C(N)[C@H]2SC1. The third-order valence-electron chi connectivity index (χ3n) is 3.35. The van der Waals surface area contributed by atoms with Crippen molar-refractivity contribution >= 4 is 40.5 Å². The lowest BCUT2D eigenvalue weighted by atomic mass is 10.0. The first-order chi connectivity index (χ1) is 9.02. The second-order valence-electron chi connectivity index (χ2n) is 4.50. The predicted octanol–water partition coefficient (Wildman–Crippen LogP) is 1.09. The molecule has 5 nitrogen and oxygen atoms in total. The molecule has 0 aromatic carbocycles. The zero-order valence-corrected chi connectivity index (χ0v) is 11.8. The van der Waals surface area contributed by atoms with Crippen LogP contribution in [0.25, 0.3) is 5.57 Å². The molecule has 1 unspecified atom stereocenters. The highest BCUT2D eigenvalue weighted by Crippen LogP contribution is 2.44. The van der Waals surface area contributed by atoms with E-state index in [1.54, 1.807) is 0 Å². The summed E-state index contributed by atoms with van der Waals surface area (Å²) >= 11 is 3.03. The molecular formula is C12H12N2O3S2. The number of hydrogen-bond acceptors (Lipinski definition) is 5. The second-order valence-corrected chi connectivity index (χ2v) is 6.52. The molecule has 3 rings (SSSR count). The molecule has 0 saturated carbocycles. The number of nitrogens with two attached hydrogens (primary N) is 1. The highest BCUT2D eigenvalue weighted by atomic mass is 32.2. The summed E-state index contributed by atoms with van der Waals surface area (Å²) in [6.45, 7) is 1.94. The van der Waals surface area contributed by atoms with Crippen LogP contribution in [-0.2, 0) is 9.59 Å². The van der Waals surface area contributed by atoms with Gasteiger partial charge in [0.05, 0.1) is 0 Å². The smallest absolute Gasteiger partial charge is 0.353 e. The number of hydrogen-bond donors (Lipinski definition) is 2. The number of aryl methyl sites for hydroxylation is 1. The highest BCUT2D eigenvalue weighted by molar-refractivity contribution is 8.00. The minimum Gasteiger partial charge on any atom is -0.477 e. The van der Waals surface area contributed by atoms with E-state index in [4.69, 9.17) is 5.73 Å². The normalized spacial score (nSPS) is 26.2. The van der Waals surface area contributed by atoms with Gasteiger partial charge in [0.25, 0.3) is 0 Å². The Hall–Kier alpha value is -1.31. The Morgan fingerprint density at radius 1 is 1.58 bits per heavy atom. The van der Waals surface area contributed by atoms with Crippen LogP contribution < -0.4 is 5.73 Å². The number of fused-ring (bicyclic) bond motifs is 1. The number of nitrogens with zero attached hydrogens (tertiary/aromatic N) is 1. The van der Waals surface area contributed by atoms with Crippen LogP contribution in [0.1, 0.15) is 10.4 Å². The number of rotatable bonds is 2. The van der Waals surface area contributed by atoms with Gasteiger partial charge in [-0.15, -0.1) is 23.1 Å². The molecule has 1 fully saturated rings. The van der Waals surface area contributed by atoms with Crippen LogP contribution in [-0.4, -0.2) is 39.1 Å². The maximum absolute atomic E-state index is 11.8. The monoisotopic (exact) mass is 296 g/mol. The average molecular weight is 296 g/mol. The number of carbonyl (C=O) groups is 2. The Balaban J connectivity index is 2.13. The van der Waals surface area contributed by atoms with Crippen LogP contribution in [0.2, 0.25) is 0 Å². The van der Waals surface area contributed by atoms with Gasteiger partial charge < -0.3 is 10.8 Å². The average Bonchev–Trinajstić information content (AvgIpc) is 2.82. The lowest BCUT2D eigenvalue weighted by Crippen LogP contribution is -2.68. The van der Waals surface area contributed by atoms with Crippen molar-refractivity contribution in [3.63, 3.8) is 0 Å². The molecule has 1 aromatic rings. The number of thiophene rings is 1. The van der Waals surface area contributed by atoms with E-state index in [0.717, 1.165) is 16.0 Å². The van der Waals surface area contributed by atoms with Crippen molar-refractivity contribution in [3.05, 3.63) is 27.6 Å². The molecule has 0 aliphatic carbocycles. The summed E-state index contributed by atoms with van der Waals surface area (Å²) < 4.78 is 0. The maximum Gasteiger partial charge on any atom is 0.353 e. The third kappa shape index (κ3) is 1.73. The van der Waals surface area contributed by atoms with Crippen molar-refractivity contribution in [2.24, 2.45) is 5.73 Å². The molecule has 1 aromatic heterocycles. The first-order valence-corrected chi connectivity index (χ1v) is 7.66. The molecule has 3 N–H and O–H groups in total. The van der Waals surface area contributed by atoms with E-state index in [1.807, 2.05) is 18.4 Å². The summed E-state index contributed by atoms with van der Waals surface area (Å²) in [5.41, 5.74) is 7.57. The van der Waals surface area contributed by atoms with Crippen molar-refractivity contribution in [2.75, 3.05) is 5.75 Å². The van der Waals surface area contributed by atoms with Gasteiger partial charge >= 0.3 is 5.97 Å². The van der Waals surface area contributed by atoms with Gasteiger partial charge in [-0.1, -0.05) is 0 Å². The highest BCUT2D eigenvalue weighted by Gasteiger charge is 2.52. The summed E-state index contributed by atoms with van der Waals surface area (Å²) in [6, 6.07) is 1.37. The van der Waals surface area contributed by atoms with E-state index in [2.05, 4.69) is 0 Å². The van der Waals surface area contributed by atoms with Crippen LogP contribution in [0.4, 0.5) is 0 Å². The van der Waals surface area contributed by atoms with Crippen LogP contribution in [0.5, 0.6) is 0 Å². The first-order valence-electron chi connectivity index (χ1n) is 5.73. The Morgan fingerprint density at radius 2 is 2.32 bits per heavy atom. The van der Waals surface area contributed by atoms with Gasteiger partial charge in [0.15, 0.2) is 0 Å². The number of thioether (sulfide) groups is 1. The van der Waals surface area contributed by atoms with Crippen molar-refractivity contribution < 1.29 is 14.7 Å². The molecule has 1 saturated heterocycles. The van der Waals surface area contributed by atoms with Crippen molar-refractivity contribution in [2.45, 2.75) is 18.3 Å². The standard InChI is InChI=1S/C12H12N2O3S2/c1-5-2-3-18-9(5)6-4-19-11-7(13)10(15)14(11)8(6)12(16)17/h2-3,7,11H,4,13H2,1H3,(H,16,17)/t7?,11-/m1/s1. The van der Waals surface area contributed by atoms with Crippen molar-refractivity contribution in [1.82, 2.24) is 4.90 Å². The molecule has 2 atom stereocenters. The van der Waals surface area contributed by atoms with E-state index in [-0.39, 0.29) is 17.0 Å². The molecule has 3 heterocycles. The summed E-state index contributed by atoms with van der Waals surface area (Å²) in [7, 11) is 0. The zero-order chi connectivity index (χ0) is 13.7. The van der Waals surface area contributed by atoms with Crippen LogP contribution in [0.3, 0.4) is 0 Å². The molecule has 0 bridgehead atoms. The summed E-state index contributed by atoms with van der Waals surface area (Å²) in [5, 5.41) is 11.1. The Labute approximate surface area is 118 Å². The minimum atomic E-state index is -1.06. The van der Waals surface area contributed by atoms with E-state index in [9.17, 15) is 14.7 Å². The summed E-state index contributed by atoms with van der Waals surface area (Å²) in [6.07, 6.45) is 0. The predicted molar refractivity (Wildman–Crippen MR) is 74.7 cm³/mol. The molecule has 0 radical (unpaired) electrons. The third-order valence-corrected chi connectivity index (χ3v) is 5.73. The van der Waals surface area contributed by atoms with Crippen LogP contribution in [0, 0.1) is 6.92 Å². The van der Waals surface area contributed by atoms with E-state index in [1.165, 1.54) is 28.0 Å².